The summed E-state index contributed by atoms with van der Waals surface area (Å²) >= 11 is 0. The van der Waals surface area contributed by atoms with Crippen LogP contribution in [0.15, 0.2) is 67.4 Å². The standard InChI is InChI=1S/C19H15N5O/c1-13-5-8-24-12-17(23-18(24)9-13)14-3-2-4-15(10-14)22-19(25)16-11-20-6-7-21-16/h2-12H,1H3,(H,22,25). The van der Waals surface area contributed by atoms with E-state index in [1.165, 1.54) is 18.6 Å². The van der Waals surface area contributed by atoms with E-state index in [-0.39, 0.29) is 11.6 Å². The third kappa shape index (κ3) is 3.10. The molecule has 1 N–H and O–H groups in total. The van der Waals surface area contributed by atoms with E-state index >= 15 is 0 Å². The number of aryl methyl sites for hydroxylation is 1. The minimum absolute atomic E-state index is 0.274. The summed E-state index contributed by atoms with van der Waals surface area (Å²) in [7, 11) is 0. The lowest BCUT2D eigenvalue weighted by Crippen LogP contribution is -2.13. The van der Waals surface area contributed by atoms with Gasteiger partial charge in [0.05, 0.1) is 11.9 Å². The Morgan fingerprint density at radius 1 is 1.16 bits per heavy atom. The van der Waals surface area contributed by atoms with Crippen molar-refractivity contribution in [2.24, 2.45) is 0 Å². The van der Waals surface area contributed by atoms with Gasteiger partial charge < -0.3 is 9.72 Å². The third-order valence-electron chi connectivity index (χ3n) is 3.83. The van der Waals surface area contributed by atoms with Crippen molar-refractivity contribution in [3.63, 3.8) is 0 Å². The topological polar surface area (TPSA) is 72.2 Å². The van der Waals surface area contributed by atoms with Crippen molar-refractivity contribution >= 4 is 17.2 Å². The van der Waals surface area contributed by atoms with Gasteiger partial charge in [0.2, 0.25) is 0 Å². The Balaban J connectivity index is 1.63. The number of rotatable bonds is 3. The molecule has 0 aliphatic heterocycles. The molecule has 4 aromatic rings. The first kappa shape index (κ1) is 15.0. The van der Waals surface area contributed by atoms with E-state index in [1.54, 1.807) is 0 Å². The number of amides is 1. The predicted molar refractivity (Wildman–Crippen MR) is 95.4 cm³/mol. The van der Waals surface area contributed by atoms with Crippen molar-refractivity contribution in [1.82, 2.24) is 19.4 Å². The second kappa shape index (κ2) is 6.16. The predicted octanol–water partition coefficient (Wildman–Crippen LogP) is 3.35. The molecule has 1 amide bonds. The van der Waals surface area contributed by atoms with E-state index in [2.05, 4.69) is 20.3 Å². The van der Waals surface area contributed by atoms with E-state index in [9.17, 15) is 4.79 Å². The van der Waals surface area contributed by atoms with E-state index in [0.29, 0.717) is 5.69 Å². The zero-order valence-electron chi connectivity index (χ0n) is 13.5. The summed E-state index contributed by atoms with van der Waals surface area (Å²) in [5.41, 5.74) is 4.79. The Kier molecular flexibility index (Phi) is 3.70. The summed E-state index contributed by atoms with van der Waals surface area (Å²) in [5, 5.41) is 2.84. The molecular weight excluding hydrogens is 314 g/mol. The molecular formula is C19H15N5O. The van der Waals surface area contributed by atoms with Crippen LogP contribution in [0.25, 0.3) is 16.9 Å². The molecule has 6 nitrogen and oxygen atoms in total. The monoisotopic (exact) mass is 329 g/mol. The van der Waals surface area contributed by atoms with E-state index in [1.807, 2.05) is 60.1 Å². The smallest absolute Gasteiger partial charge is 0.275 e. The molecule has 0 radical (unpaired) electrons. The number of nitrogens with one attached hydrogen (secondary N) is 1. The Labute approximate surface area is 144 Å². The van der Waals surface area contributed by atoms with E-state index in [4.69, 9.17) is 0 Å². The maximum Gasteiger partial charge on any atom is 0.275 e. The molecule has 0 spiro atoms. The number of imidazole rings is 1. The lowest BCUT2D eigenvalue weighted by atomic mass is 10.1. The third-order valence-corrected chi connectivity index (χ3v) is 3.83. The molecule has 122 valence electrons. The van der Waals surface area contributed by atoms with Gasteiger partial charge in [-0.1, -0.05) is 12.1 Å². The molecule has 3 aromatic heterocycles. The van der Waals surface area contributed by atoms with Crippen molar-refractivity contribution in [1.29, 1.82) is 0 Å². The largest absolute Gasteiger partial charge is 0.321 e. The second-order valence-corrected chi connectivity index (χ2v) is 5.72. The van der Waals surface area contributed by atoms with Gasteiger partial charge in [-0.2, -0.15) is 0 Å². The van der Waals surface area contributed by atoms with Crippen LogP contribution < -0.4 is 5.32 Å². The average Bonchev–Trinajstić information content (AvgIpc) is 3.06. The average molecular weight is 329 g/mol. The first-order valence-electron chi connectivity index (χ1n) is 7.82. The highest BCUT2D eigenvalue weighted by molar-refractivity contribution is 6.02. The van der Waals surface area contributed by atoms with Crippen LogP contribution in [0, 0.1) is 6.92 Å². The second-order valence-electron chi connectivity index (χ2n) is 5.72. The van der Waals surface area contributed by atoms with Crippen molar-refractivity contribution in [3.05, 3.63) is 78.6 Å². The molecule has 6 heteroatoms. The summed E-state index contributed by atoms with van der Waals surface area (Å²) in [5.74, 6) is -0.295. The quantitative estimate of drug-likeness (QED) is 0.625. The fourth-order valence-corrected chi connectivity index (χ4v) is 2.59. The molecule has 0 bridgehead atoms. The Hall–Kier alpha value is -3.54. The van der Waals surface area contributed by atoms with Crippen LogP contribution in [0.4, 0.5) is 5.69 Å². The first-order chi connectivity index (χ1) is 12.2. The normalized spacial score (nSPS) is 10.8. The van der Waals surface area contributed by atoms with Crippen LogP contribution in [0.5, 0.6) is 0 Å². The molecule has 4 rings (SSSR count). The van der Waals surface area contributed by atoms with Crippen molar-refractivity contribution in [3.8, 4) is 11.3 Å². The summed E-state index contributed by atoms with van der Waals surface area (Å²) in [6.45, 7) is 2.04. The number of carbonyl (C=O) groups excluding carboxylic acids is 1. The highest BCUT2D eigenvalue weighted by Crippen LogP contribution is 2.23. The molecule has 25 heavy (non-hydrogen) atoms. The summed E-state index contributed by atoms with van der Waals surface area (Å²) < 4.78 is 1.98. The Morgan fingerprint density at radius 3 is 2.92 bits per heavy atom. The fraction of sp³-hybridized carbons (Fsp3) is 0.0526. The number of hydrogen-bond donors (Lipinski definition) is 1. The number of hydrogen-bond acceptors (Lipinski definition) is 4. The zero-order chi connectivity index (χ0) is 17.2. The van der Waals surface area contributed by atoms with Gasteiger partial charge in [0.25, 0.3) is 5.91 Å². The molecule has 0 atom stereocenters. The molecule has 0 fully saturated rings. The van der Waals surface area contributed by atoms with Gasteiger partial charge in [-0.15, -0.1) is 0 Å². The van der Waals surface area contributed by atoms with Crippen LogP contribution in [-0.4, -0.2) is 25.3 Å². The molecule has 0 saturated carbocycles. The SMILES string of the molecule is Cc1ccn2cc(-c3cccc(NC(=O)c4cnccn4)c3)nc2c1. The van der Waals surface area contributed by atoms with Crippen molar-refractivity contribution < 1.29 is 4.79 Å². The molecule has 1 aromatic carbocycles. The number of fused-ring (bicyclic) bond motifs is 1. The molecule has 0 aliphatic carbocycles. The summed E-state index contributed by atoms with van der Waals surface area (Å²) in [4.78, 5) is 24.8. The number of nitrogens with zero attached hydrogens (tertiary/aromatic N) is 4. The molecule has 0 unspecified atom stereocenters. The van der Waals surface area contributed by atoms with Crippen LogP contribution >= 0.6 is 0 Å². The Morgan fingerprint density at radius 2 is 2.08 bits per heavy atom. The highest BCUT2D eigenvalue weighted by atomic mass is 16.1. The van der Waals surface area contributed by atoms with Gasteiger partial charge in [-0.3, -0.25) is 9.78 Å². The van der Waals surface area contributed by atoms with E-state index in [0.717, 1.165) is 22.5 Å². The molecule has 3 heterocycles. The maximum absolute atomic E-state index is 12.2. The Bertz CT molecular complexity index is 1060. The number of carbonyl (C=O) groups is 1. The summed E-state index contributed by atoms with van der Waals surface area (Å²) in [6.07, 6.45) is 8.41. The fourth-order valence-electron chi connectivity index (χ4n) is 2.59. The zero-order valence-corrected chi connectivity index (χ0v) is 13.5. The van der Waals surface area contributed by atoms with Gasteiger partial charge in [-0.05, 0) is 36.8 Å². The minimum Gasteiger partial charge on any atom is -0.321 e. The van der Waals surface area contributed by atoms with E-state index < -0.39 is 0 Å². The number of benzene rings is 1. The van der Waals surface area contributed by atoms with Crippen LogP contribution in [0.3, 0.4) is 0 Å². The minimum atomic E-state index is -0.295. The van der Waals surface area contributed by atoms with Gasteiger partial charge in [-0.25, -0.2) is 9.97 Å². The van der Waals surface area contributed by atoms with Gasteiger partial charge in [0.1, 0.15) is 11.3 Å². The van der Waals surface area contributed by atoms with Gasteiger partial charge in [0, 0.05) is 36.0 Å². The lowest BCUT2D eigenvalue weighted by molar-refractivity contribution is 0.102. The molecule has 0 aliphatic rings. The number of pyridine rings is 1. The van der Waals surface area contributed by atoms with Gasteiger partial charge >= 0.3 is 0 Å². The first-order valence-corrected chi connectivity index (χ1v) is 7.82. The maximum atomic E-state index is 12.2. The van der Waals surface area contributed by atoms with Crippen molar-refractivity contribution in [2.45, 2.75) is 6.92 Å². The number of anilines is 1. The van der Waals surface area contributed by atoms with Crippen LogP contribution in [0.1, 0.15) is 16.1 Å². The van der Waals surface area contributed by atoms with Gasteiger partial charge in [0.15, 0.2) is 0 Å². The molecule has 0 saturated heterocycles. The van der Waals surface area contributed by atoms with Crippen LogP contribution in [-0.2, 0) is 0 Å². The van der Waals surface area contributed by atoms with Crippen molar-refractivity contribution in [2.75, 3.05) is 5.32 Å². The lowest BCUT2D eigenvalue weighted by Gasteiger charge is -2.05. The summed E-state index contributed by atoms with van der Waals surface area (Å²) in [6, 6.07) is 11.6. The van der Waals surface area contributed by atoms with Crippen LogP contribution in [0.2, 0.25) is 0 Å². The highest BCUT2D eigenvalue weighted by Gasteiger charge is 2.09. The number of aromatic nitrogens is 4.